The maximum atomic E-state index is 6.13. The van der Waals surface area contributed by atoms with Gasteiger partial charge in [-0.25, -0.2) is 0 Å². The van der Waals surface area contributed by atoms with Crippen LogP contribution in [0.2, 0.25) is 0 Å². The molecule has 1 aliphatic rings. The molecule has 0 saturated carbocycles. The summed E-state index contributed by atoms with van der Waals surface area (Å²) >= 11 is 0. The molecule has 0 bridgehead atoms. The quantitative estimate of drug-likeness (QED) is 0.904. The van der Waals surface area contributed by atoms with E-state index in [2.05, 4.69) is 22.3 Å². The average Bonchev–Trinajstić information content (AvgIpc) is 3.16. The Bertz CT molecular complexity index is 535. The fourth-order valence-electron chi connectivity index (χ4n) is 2.39. The van der Waals surface area contributed by atoms with Crippen LogP contribution in [0.25, 0.3) is 0 Å². The SMILES string of the molecule is N[C@@H](CCc1ccccc1)c1nc(C2CCOC2)no1. The first-order valence-electron chi connectivity index (χ1n) is 7.03. The van der Waals surface area contributed by atoms with Gasteiger partial charge in [-0.3, -0.25) is 0 Å². The van der Waals surface area contributed by atoms with Crippen molar-refractivity contribution in [1.82, 2.24) is 10.1 Å². The minimum atomic E-state index is -0.209. The maximum Gasteiger partial charge on any atom is 0.243 e. The number of aryl methyl sites for hydroxylation is 1. The lowest BCUT2D eigenvalue weighted by molar-refractivity contribution is 0.192. The molecule has 1 saturated heterocycles. The van der Waals surface area contributed by atoms with E-state index in [4.69, 9.17) is 15.0 Å². The Morgan fingerprint density at radius 3 is 2.90 bits per heavy atom. The summed E-state index contributed by atoms with van der Waals surface area (Å²) in [6.45, 7) is 1.45. The molecule has 20 heavy (non-hydrogen) atoms. The summed E-state index contributed by atoms with van der Waals surface area (Å²) in [5.74, 6) is 1.52. The molecule has 1 aliphatic heterocycles. The lowest BCUT2D eigenvalue weighted by Gasteiger charge is -2.06. The van der Waals surface area contributed by atoms with Gasteiger partial charge in [-0.2, -0.15) is 4.98 Å². The molecular formula is C15H19N3O2. The first-order chi connectivity index (χ1) is 9.83. The van der Waals surface area contributed by atoms with Gasteiger partial charge < -0.3 is 15.0 Å². The van der Waals surface area contributed by atoms with E-state index in [1.807, 2.05) is 18.2 Å². The monoisotopic (exact) mass is 273 g/mol. The molecule has 1 unspecified atom stereocenters. The van der Waals surface area contributed by atoms with E-state index >= 15 is 0 Å². The number of ether oxygens (including phenoxy) is 1. The van der Waals surface area contributed by atoms with Crippen LogP contribution >= 0.6 is 0 Å². The molecule has 0 radical (unpaired) electrons. The first kappa shape index (κ1) is 13.3. The van der Waals surface area contributed by atoms with E-state index < -0.39 is 0 Å². The van der Waals surface area contributed by atoms with Gasteiger partial charge in [-0.05, 0) is 24.8 Å². The van der Waals surface area contributed by atoms with E-state index in [0.29, 0.717) is 12.5 Å². The van der Waals surface area contributed by atoms with Crippen LogP contribution < -0.4 is 5.73 Å². The fourth-order valence-corrected chi connectivity index (χ4v) is 2.39. The second kappa shape index (κ2) is 6.15. The molecule has 0 spiro atoms. The molecule has 5 nitrogen and oxygen atoms in total. The summed E-state index contributed by atoms with van der Waals surface area (Å²) in [5.41, 5.74) is 7.40. The van der Waals surface area contributed by atoms with E-state index in [0.717, 1.165) is 31.7 Å². The second-order valence-electron chi connectivity index (χ2n) is 5.18. The number of hydrogen-bond acceptors (Lipinski definition) is 5. The Hall–Kier alpha value is -1.72. The first-order valence-corrected chi connectivity index (χ1v) is 7.03. The van der Waals surface area contributed by atoms with Gasteiger partial charge in [-0.1, -0.05) is 35.5 Å². The van der Waals surface area contributed by atoms with Crippen molar-refractivity contribution in [1.29, 1.82) is 0 Å². The van der Waals surface area contributed by atoms with Crippen LogP contribution in [0.5, 0.6) is 0 Å². The van der Waals surface area contributed by atoms with Crippen LogP contribution in [-0.4, -0.2) is 23.4 Å². The summed E-state index contributed by atoms with van der Waals surface area (Å²) in [4.78, 5) is 4.42. The van der Waals surface area contributed by atoms with Gasteiger partial charge in [-0.15, -0.1) is 0 Å². The highest BCUT2D eigenvalue weighted by Crippen LogP contribution is 2.24. The molecule has 106 valence electrons. The third-order valence-electron chi connectivity index (χ3n) is 3.66. The minimum absolute atomic E-state index is 0.209. The lowest BCUT2D eigenvalue weighted by Crippen LogP contribution is -2.12. The third kappa shape index (κ3) is 3.05. The van der Waals surface area contributed by atoms with Crippen molar-refractivity contribution in [2.24, 2.45) is 5.73 Å². The molecule has 0 aliphatic carbocycles. The van der Waals surface area contributed by atoms with E-state index in [1.54, 1.807) is 0 Å². The topological polar surface area (TPSA) is 74.2 Å². The van der Waals surface area contributed by atoms with Crippen molar-refractivity contribution in [3.8, 4) is 0 Å². The highest BCUT2D eigenvalue weighted by atomic mass is 16.5. The number of nitrogens with two attached hydrogens (primary N) is 1. The fraction of sp³-hybridized carbons (Fsp3) is 0.467. The molecule has 1 aromatic heterocycles. The van der Waals surface area contributed by atoms with Crippen molar-refractivity contribution >= 4 is 0 Å². The Labute approximate surface area is 118 Å². The van der Waals surface area contributed by atoms with Crippen LogP contribution in [0.15, 0.2) is 34.9 Å². The van der Waals surface area contributed by atoms with Gasteiger partial charge in [0.25, 0.3) is 0 Å². The zero-order valence-electron chi connectivity index (χ0n) is 11.4. The minimum Gasteiger partial charge on any atom is -0.381 e. The summed E-state index contributed by atoms with van der Waals surface area (Å²) in [6, 6.07) is 10.1. The van der Waals surface area contributed by atoms with Gasteiger partial charge in [0.1, 0.15) is 0 Å². The highest BCUT2D eigenvalue weighted by molar-refractivity contribution is 5.15. The Morgan fingerprint density at radius 2 is 2.15 bits per heavy atom. The van der Waals surface area contributed by atoms with Gasteiger partial charge in [0.2, 0.25) is 5.89 Å². The predicted octanol–water partition coefficient (Wildman–Crippen LogP) is 2.21. The molecule has 5 heteroatoms. The van der Waals surface area contributed by atoms with Crippen LogP contribution in [0, 0.1) is 0 Å². The normalized spacial score (nSPS) is 20.1. The highest BCUT2D eigenvalue weighted by Gasteiger charge is 2.24. The molecule has 2 N–H and O–H groups in total. The maximum absolute atomic E-state index is 6.13. The van der Waals surface area contributed by atoms with Crippen molar-refractivity contribution in [2.75, 3.05) is 13.2 Å². The summed E-state index contributed by atoms with van der Waals surface area (Å²) in [7, 11) is 0. The zero-order chi connectivity index (χ0) is 13.8. The number of benzene rings is 1. The van der Waals surface area contributed by atoms with Gasteiger partial charge in [0.15, 0.2) is 5.82 Å². The summed E-state index contributed by atoms with van der Waals surface area (Å²) in [5, 5.41) is 4.03. The van der Waals surface area contributed by atoms with Crippen LogP contribution in [0.3, 0.4) is 0 Å². The molecule has 0 amide bonds. The number of hydrogen-bond donors (Lipinski definition) is 1. The van der Waals surface area contributed by atoms with Crippen molar-refractivity contribution in [2.45, 2.75) is 31.2 Å². The molecular weight excluding hydrogens is 254 g/mol. The smallest absolute Gasteiger partial charge is 0.243 e. The molecule has 1 aromatic carbocycles. The number of nitrogens with zero attached hydrogens (tertiary/aromatic N) is 2. The van der Waals surface area contributed by atoms with Gasteiger partial charge >= 0.3 is 0 Å². The number of rotatable bonds is 5. The van der Waals surface area contributed by atoms with Crippen molar-refractivity contribution in [3.05, 3.63) is 47.6 Å². The summed E-state index contributed by atoms with van der Waals surface area (Å²) in [6.07, 6.45) is 2.66. The average molecular weight is 273 g/mol. The van der Waals surface area contributed by atoms with Gasteiger partial charge in [0.05, 0.1) is 12.6 Å². The molecule has 3 rings (SSSR count). The molecule has 1 fully saturated rings. The second-order valence-corrected chi connectivity index (χ2v) is 5.18. The molecule has 2 atom stereocenters. The van der Waals surface area contributed by atoms with Crippen LogP contribution in [0.4, 0.5) is 0 Å². The van der Waals surface area contributed by atoms with Crippen LogP contribution in [-0.2, 0) is 11.2 Å². The largest absolute Gasteiger partial charge is 0.381 e. The summed E-state index contributed by atoms with van der Waals surface area (Å²) < 4.78 is 10.6. The van der Waals surface area contributed by atoms with E-state index in [1.165, 1.54) is 5.56 Å². The van der Waals surface area contributed by atoms with E-state index in [9.17, 15) is 0 Å². The molecule has 2 aromatic rings. The van der Waals surface area contributed by atoms with Crippen molar-refractivity contribution < 1.29 is 9.26 Å². The number of aromatic nitrogens is 2. The predicted molar refractivity (Wildman–Crippen MR) is 74.2 cm³/mol. The Morgan fingerprint density at radius 1 is 1.30 bits per heavy atom. The Kier molecular flexibility index (Phi) is 4.08. The van der Waals surface area contributed by atoms with Crippen molar-refractivity contribution in [3.63, 3.8) is 0 Å². The van der Waals surface area contributed by atoms with Gasteiger partial charge in [0, 0.05) is 12.5 Å². The lowest BCUT2D eigenvalue weighted by atomic mass is 10.1. The molecule has 2 heterocycles. The van der Waals surface area contributed by atoms with Crippen LogP contribution in [0.1, 0.15) is 42.1 Å². The standard InChI is InChI=1S/C15H19N3O2/c16-13(7-6-11-4-2-1-3-5-11)15-17-14(18-20-15)12-8-9-19-10-12/h1-5,12-13H,6-10,16H2/t12?,13-/m0/s1. The van der Waals surface area contributed by atoms with E-state index in [-0.39, 0.29) is 12.0 Å². The third-order valence-corrected chi connectivity index (χ3v) is 3.66. The Balaban J connectivity index is 1.58. The zero-order valence-corrected chi connectivity index (χ0v) is 11.4.